The average molecular weight is 476 g/mol. The third-order valence-corrected chi connectivity index (χ3v) is 7.36. The molecule has 1 saturated heterocycles. The molecule has 2 aromatic carbocycles. The van der Waals surface area contributed by atoms with Crippen LogP contribution in [0, 0.1) is 0 Å². The number of hydrogen-bond acceptors (Lipinski definition) is 3. The number of rotatable bonds is 3. The Morgan fingerprint density at radius 1 is 0.971 bits per heavy atom. The zero-order valence-corrected chi connectivity index (χ0v) is 18.8. The Bertz CT molecular complexity index is 1270. The SMILES string of the molecule is O=C(OCC1c2ccccc2-c2ccccc21)N1C2C=C(c3ccc(C(F)(F)F)cn3)CC1CC2. The van der Waals surface area contributed by atoms with Gasteiger partial charge in [0.15, 0.2) is 0 Å². The highest BCUT2D eigenvalue weighted by Crippen LogP contribution is 2.45. The number of benzene rings is 2. The molecule has 0 N–H and O–H groups in total. The maximum atomic E-state index is 13.2. The van der Waals surface area contributed by atoms with Crippen LogP contribution in [0.25, 0.3) is 16.7 Å². The van der Waals surface area contributed by atoms with Gasteiger partial charge < -0.3 is 4.74 Å². The van der Waals surface area contributed by atoms with E-state index < -0.39 is 11.7 Å². The molecule has 0 spiro atoms. The highest BCUT2D eigenvalue weighted by atomic mass is 19.4. The van der Waals surface area contributed by atoms with E-state index in [1.165, 1.54) is 28.3 Å². The predicted octanol–water partition coefficient (Wildman–Crippen LogP) is 6.67. The third kappa shape index (κ3) is 3.79. The Morgan fingerprint density at radius 2 is 1.66 bits per heavy atom. The minimum atomic E-state index is -4.41. The minimum Gasteiger partial charge on any atom is -0.448 e. The van der Waals surface area contributed by atoms with Crippen LogP contribution in [0.5, 0.6) is 0 Å². The Hall–Kier alpha value is -3.61. The van der Waals surface area contributed by atoms with Crippen LogP contribution in [0.1, 0.15) is 47.6 Å². The van der Waals surface area contributed by atoms with Crippen molar-refractivity contribution < 1.29 is 22.7 Å². The summed E-state index contributed by atoms with van der Waals surface area (Å²) in [5.41, 5.74) is 5.34. The molecule has 0 saturated carbocycles. The van der Waals surface area contributed by atoms with Crippen LogP contribution in [-0.2, 0) is 10.9 Å². The van der Waals surface area contributed by atoms with E-state index in [-0.39, 0.29) is 30.7 Å². The zero-order chi connectivity index (χ0) is 24.2. The summed E-state index contributed by atoms with van der Waals surface area (Å²) in [5.74, 6) is -0.00348. The van der Waals surface area contributed by atoms with Crippen LogP contribution in [0.2, 0.25) is 0 Å². The van der Waals surface area contributed by atoms with Crippen molar-refractivity contribution in [2.24, 2.45) is 0 Å². The van der Waals surface area contributed by atoms with Crippen molar-refractivity contribution in [3.05, 3.63) is 95.3 Å². The lowest BCUT2D eigenvalue weighted by atomic mass is 9.97. The summed E-state index contributed by atoms with van der Waals surface area (Å²) in [4.78, 5) is 19.0. The number of nitrogens with zero attached hydrogens (tertiary/aromatic N) is 2. The Balaban J connectivity index is 1.18. The molecule has 0 radical (unpaired) electrons. The molecular formula is C28H23F3N2O2. The van der Waals surface area contributed by atoms with Gasteiger partial charge in [-0.3, -0.25) is 9.88 Å². The van der Waals surface area contributed by atoms with Crippen molar-refractivity contribution in [3.8, 4) is 11.1 Å². The fourth-order valence-electron chi connectivity index (χ4n) is 5.72. The molecule has 2 unspecified atom stereocenters. The van der Waals surface area contributed by atoms with Crippen LogP contribution >= 0.6 is 0 Å². The highest BCUT2D eigenvalue weighted by Gasteiger charge is 2.41. The van der Waals surface area contributed by atoms with Crippen LogP contribution < -0.4 is 0 Å². The van der Waals surface area contributed by atoms with Gasteiger partial charge in [-0.25, -0.2) is 4.79 Å². The molecule has 3 aliphatic rings. The number of aromatic nitrogens is 1. The number of hydrogen-bond donors (Lipinski definition) is 0. The Morgan fingerprint density at radius 3 is 2.26 bits per heavy atom. The maximum Gasteiger partial charge on any atom is 0.417 e. The number of alkyl halides is 3. The number of halogens is 3. The Labute approximate surface area is 201 Å². The van der Waals surface area contributed by atoms with Gasteiger partial charge in [0.2, 0.25) is 0 Å². The van der Waals surface area contributed by atoms with Gasteiger partial charge in [0.05, 0.1) is 17.3 Å². The van der Waals surface area contributed by atoms with Gasteiger partial charge >= 0.3 is 12.3 Å². The van der Waals surface area contributed by atoms with Crippen LogP contribution in [0.4, 0.5) is 18.0 Å². The van der Waals surface area contributed by atoms with E-state index in [1.807, 2.05) is 30.3 Å². The molecule has 7 heteroatoms. The fourth-order valence-corrected chi connectivity index (χ4v) is 5.72. The molecule has 1 aromatic heterocycles. The number of fused-ring (bicyclic) bond motifs is 5. The summed E-state index contributed by atoms with van der Waals surface area (Å²) in [6, 6.07) is 18.7. The van der Waals surface area contributed by atoms with E-state index >= 15 is 0 Å². The van der Waals surface area contributed by atoms with E-state index in [0.717, 1.165) is 30.7 Å². The molecule has 4 nitrogen and oxygen atoms in total. The second kappa shape index (κ2) is 8.26. The summed E-state index contributed by atoms with van der Waals surface area (Å²) < 4.78 is 44.5. The second-order valence-corrected chi connectivity index (χ2v) is 9.34. The van der Waals surface area contributed by atoms with Crippen LogP contribution in [0.15, 0.2) is 72.9 Å². The monoisotopic (exact) mass is 476 g/mol. The molecule has 178 valence electrons. The summed E-state index contributed by atoms with van der Waals surface area (Å²) >= 11 is 0. The predicted molar refractivity (Wildman–Crippen MR) is 126 cm³/mol. The van der Waals surface area contributed by atoms with E-state index in [9.17, 15) is 18.0 Å². The van der Waals surface area contributed by atoms with Gasteiger partial charge in [0, 0.05) is 18.2 Å². The first-order valence-corrected chi connectivity index (χ1v) is 11.8. The largest absolute Gasteiger partial charge is 0.448 e. The van der Waals surface area contributed by atoms with Gasteiger partial charge in [-0.1, -0.05) is 54.6 Å². The van der Waals surface area contributed by atoms with E-state index in [4.69, 9.17) is 4.74 Å². The molecule has 35 heavy (non-hydrogen) atoms. The molecule has 3 heterocycles. The first-order chi connectivity index (χ1) is 16.9. The summed E-state index contributed by atoms with van der Waals surface area (Å²) in [7, 11) is 0. The number of carbonyl (C=O) groups excluding carboxylic acids is 1. The number of pyridine rings is 1. The fraction of sp³-hybridized carbons (Fsp3) is 0.286. The molecule has 2 atom stereocenters. The van der Waals surface area contributed by atoms with E-state index in [0.29, 0.717) is 12.1 Å². The van der Waals surface area contributed by atoms with Crippen molar-refractivity contribution in [1.29, 1.82) is 0 Å². The maximum absolute atomic E-state index is 13.2. The van der Waals surface area contributed by atoms with Crippen molar-refractivity contribution in [1.82, 2.24) is 9.88 Å². The van der Waals surface area contributed by atoms with Crippen molar-refractivity contribution in [3.63, 3.8) is 0 Å². The van der Waals surface area contributed by atoms with Crippen LogP contribution in [0.3, 0.4) is 0 Å². The molecule has 1 fully saturated rings. The molecule has 1 amide bonds. The highest BCUT2D eigenvalue weighted by molar-refractivity contribution is 5.79. The van der Waals surface area contributed by atoms with Gasteiger partial charge in [0.1, 0.15) is 6.61 Å². The number of carbonyl (C=O) groups is 1. The first kappa shape index (κ1) is 21.9. The molecule has 6 rings (SSSR count). The smallest absolute Gasteiger partial charge is 0.417 e. The zero-order valence-electron chi connectivity index (χ0n) is 18.8. The quantitative estimate of drug-likeness (QED) is 0.424. The minimum absolute atomic E-state index is 0.00348. The van der Waals surface area contributed by atoms with E-state index in [2.05, 4.69) is 29.2 Å². The third-order valence-electron chi connectivity index (χ3n) is 7.36. The molecular weight excluding hydrogens is 453 g/mol. The van der Waals surface area contributed by atoms with Gasteiger partial charge in [0.25, 0.3) is 0 Å². The molecule has 1 aliphatic carbocycles. The standard InChI is InChI=1S/C28H23F3N2O2/c29-28(30,31)18-9-12-26(32-15-18)17-13-19-10-11-20(14-17)33(19)27(34)35-16-25-23-7-3-1-5-21(23)22-6-2-4-8-24(22)25/h1-9,12-13,15,19-20,25H,10-11,14,16H2. The first-order valence-electron chi connectivity index (χ1n) is 11.8. The lowest BCUT2D eigenvalue weighted by molar-refractivity contribution is -0.137. The number of ether oxygens (including phenoxy) is 1. The second-order valence-electron chi connectivity index (χ2n) is 9.34. The van der Waals surface area contributed by atoms with Crippen molar-refractivity contribution in [2.75, 3.05) is 6.61 Å². The van der Waals surface area contributed by atoms with Crippen molar-refractivity contribution >= 4 is 11.7 Å². The average Bonchev–Trinajstić information content (AvgIpc) is 3.32. The lowest BCUT2D eigenvalue weighted by Crippen LogP contribution is -2.43. The normalized spacial score (nSPS) is 20.9. The van der Waals surface area contributed by atoms with Gasteiger partial charge in [-0.2, -0.15) is 13.2 Å². The van der Waals surface area contributed by atoms with Gasteiger partial charge in [-0.05, 0) is 59.2 Å². The summed E-state index contributed by atoms with van der Waals surface area (Å²) in [6.45, 7) is 0.264. The van der Waals surface area contributed by atoms with Crippen molar-refractivity contribution in [2.45, 2.75) is 43.4 Å². The van der Waals surface area contributed by atoms with Gasteiger partial charge in [-0.15, -0.1) is 0 Å². The molecule has 3 aromatic rings. The lowest BCUT2D eigenvalue weighted by Gasteiger charge is -2.33. The van der Waals surface area contributed by atoms with E-state index in [1.54, 1.807) is 4.90 Å². The molecule has 2 aliphatic heterocycles. The Kier molecular flexibility index (Phi) is 5.16. The summed E-state index contributed by atoms with van der Waals surface area (Å²) in [6.07, 6.45) is 0.270. The van der Waals surface area contributed by atoms with Crippen LogP contribution in [-0.4, -0.2) is 34.7 Å². The summed E-state index contributed by atoms with van der Waals surface area (Å²) in [5, 5.41) is 0. The number of amides is 1. The topological polar surface area (TPSA) is 42.4 Å². The molecule has 2 bridgehead atoms.